The number of anilines is 1. The lowest BCUT2D eigenvalue weighted by Gasteiger charge is -2.26. The van der Waals surface area contributed by atoms with Gasteiger partial charge in [-0.3, -0.25) is 14.4 Å². The molecule has 2 fully saturated rings. The number of aliphatic hydroxyl groups is 1. The van der Waals surface area contributed by atoms with Gasteiger partial charge in [0.1, 0.15) is 36.7 Å². The Labute approximate surface area is 239 Å². The van der Waals surface area contributed by atoms with Crippen LogP contribution in [-0.4, -0.2) is 62.5 Å². The molecule has 41 heavy (non-hydrogen) atoms. The number of aromatic nitrogens is 3. The van der Waals surface area contributed by atoms with Crippen LogP contribution in [0.3, 0.4) is 0 Å². The highest BCUT2D eigenvalue weighted by Crippen LogP contribution is 2.42. The largest absolute Gasteiger partial charge is 0.463 e. The molecule has 2 aliphatic rings. The standard InChI is InChI=1S/C29H39N5O7/c1-5-9-22(35)33-26-19-12-13-21(34(19)32-17-31-26)29(16-30)25(37)24(40-27(38)28(2,3)4)20(41-29)15-39-23(36)14-18-10-7-6-8-11-18/h12-13,17-18,20,24-25,37H,5-11,14-15H2,1-4H3,(H,31,32,33,35)/t20-,24-,25-,29+/m1/s1. The number of carbonyl (C=O) groups is 3. The molecular weight excluding hydrogens is 530 g/mol. The van der Waals surface area contributed by atoms with E-state index in [1.54, 1.807) is 26.8 Å². The predicted molar refractivity (Wildman–Crippen MR) is 146 cm³/mol. The van der Waals surface area contributed by atoms with Crippen molar-refractivity contribution >= 4 is 29.2 Å². The Balaban J connectivity index is 1.63. The molecule has 1 aliphatic carbocycles. The molecule has 0 aromatic carbocycles. The van der Waals surface area contributed by atoms with Crippen LogP contribution in [0.1, 0.15) is 84.8 Å². The van der Waals surface area contributed by atoms with Crippen molar-refractivity contribution in [3.8, 4) is 6.07 Å². The van der Waals surface area contributed by atoms with E-state index in [0.29, 0.717) is 18.4 Å². The van der Waals surface area contributed by atoms with E-state index in [9.17, 15) is 24.8 Å². The highest BCUT2D eigenvalue weighted by Gasteiger charge is 2.60. The van der Waals surface area contributed by atoms with Crippen LogP contribution in [0.5, 0.6) is 0 Å². The monoisotopic (exact) mass is 569 g/mol. The van der Waals surface area contributed by atoms with Gasteiger partial charge in [0, 0.05) is 12.8 Å². The third-order valence-corrected chi connectivity index (χ3v) is 7.61. The maximum Gasteiger partial charge on any atom is 0.311 e. The van der Waals surface area contributed by atoms with Crippen molar-refractivity contribution in [3.63, 3.8) is 0 Å². The van der Waals surface area contributed by atoms with Gasteiger partial charge in [-0.1, -0.05) is 26.2 Å². The molecule has 0 bridgehead atoms. The summed E-state index contributed by atoms with van der Waals surface area (Å²) in [5.74, 6) is -0.751. The molecule has 4 atom stereocenters. The zero-order valence-electron chi connectivity index (χ0n) is 24.1. The molecule has 3 heterocycles. The van der Waals surface area contributed by atoms with E-state index in [1.807, 2.05) is 6.92 Å². The van der Waals surface area contributed by atoms with Gasteiger partial charge in [0.25, 0.3) is 0 Å². The topological polar surface area (TPSA) is 165 Å². The van der Waals surface area contributed by atoms with E-state index >= 15 is 0 Å². The second kappa shape index (κ2) is 12.5. The third kappa shape index (κ3) is 6.52. The smallest absolute Gasteiger partial charge is 0.311 e. The number of nitrogens with zero attached hydrogens (tertiary/aromatic N) is 4. The summed E-state index contributed by atoms with van der Waals surface area (Å²) >= 11 is 0. The van der Waals surface area contributed by atoms with E-state index in [0.717, 1.165) is 25.7 Å². The van der Waals surface area contributed by atoms with Crippen molar-refractivity contribution in [3.05, 3.63) is 24.2 Å². The number of aliphatic hydroxyl groups excluding tert-OH is 1. The van der Waals surface area contributed by atoms with Crippen LogP contribution in [0.4, 0.5) is 5.82 Å². The molecule has 1 saturated heterocycles. The molecule has 0 radical (unpaired) electrons. The molecule has 2 aromatic rings. The number of amides is 1. The summed E-state index contributed by atoms with van der Waals surface area (Å²) in [6.45, 7) is 6.57. The fraction of sp³-hybridized carbons (Fsp3) is 0.655. The zero-order chi connectivity index (χ0) is 29.8. The summed E-state index contributed by atoms with van der Waals surface area (Å²) in [7, 11) is 0. The number of hydrogen-bond acceptors (Lipinski definition) is 10. The zero-order valence-corrected chi connectivity index (χ0v) is 24.1. The lowest BCUT2D eigenvalue weighted by molar-refractivity contribution is -0.168. The second-order valence-corrected chi connectivity index (χ2v) is 11.9. The third-order valence-electron chi connectivity index (χ3n) is 7.61. The van der Waals surface area contributed by atoms with Crippen LogP contribution in [-0.2, 0) is 34.2 Å². The van der Waals surface area contributed by atoms with Gasteiger partial charge in [-0.25, -0.2) is 9.50 Å². The number of fused-ring (bicyclic) bond motifs is 1. The minimum Gasteiger partial charge on any atom is -0.463 e. The number of nitriles is 1. The Morgan fingerprint density at radius 3 is 2.63 bits per heavy atom. The van der Waals surface area contributed by atoms with Gasteiger partial charge in [0.05, 0.1) is 11.1 Å². The van der Waals surface area contributed by atoms with E-state index < -0.39 is 41.3 Å². The first kappa shape index (κ1) is 30.4. The Hall–Kier alpha value is -3.56. The number of carbonyl (C=O) groups excluding carboxylic acids is 3. The van der Waals surface area contributed by atoms with E-state index in [4.69, 9.17) is 14.2 Å². The Bertz CT molecular complexity index is 1310. The van der Waals surface area contributed by atoms with Crippen LogP contribution >= 0.6 is 0 Å². The molecule has 0 spiro atoms. The fourth-order valence-corrected chi connectivity index (χ4v) is 5.34. The lowest BCUT2D eigenvalue weighted by atomic mass is 9.87. The molecule has 4 rings (SSSR count). The van der Waals surface area contributed by atoms with Gasteiger partial charge in [-0.05, 0) is 58.1 Å². The molecule has 2 N–H and O–H groups in total. The molecule has 1 aliphatic heterocycles. The van der Waals surface area contributed by atoms with E-state index in [-0.39, 0.29) is 36.4 Å². The summed E-state index contributed by atoms with van der Waals surface area (Å²) in [6.07, 6.45) is 3.66. The molecular formula is C29H39N5O7. The van der Waals surface area contributed by atoms with Gasteiger partial charge in [-0.15, -0.1) is 0 Å². The maximum absolute atomic E-state index is 12.9. The number of hydrogen-bond donors (Lipinski definition) is 2. The number of ether oxygens (including phenoxy) is 3. The van der Waals surface area contributed by atoms with Gasteiger partial charge >= 0.3 is 11.9 Å². The van der Waals surface area contributed by atoms with Crippen molar-refractivity contribution in [2.75, 3.05) is 11.9 Å². The summed E-state index contributed by atoms with van der Waals surface area (Å²) in [5.41, 5.74) is -2.42. The minimum absolute atomic E-state index is 0.142. The van der Waals surface area contributed by atoms with Crippen molar-refractivity contribution in [2.45, 2.75) is 103 Å². The van der Waals surface area contributed by atoms with Crippen LogP contribution in [0.15, 0.2) is 18.5 Å². The summed E-state index contributed by atoms with van der Waals surface area (Å²) in [4.78, 5) is 41.9. The lowest BCUT2D eigenvalue weighted by Crippen LogP contribution is -2.44. The van der Waals surface area contributed by atoms with Crippen LogP contribution in [0.2, 0.25) is 0 Å². The first-order valence-corrected chi connectivity index (χ1v) is 14.3. The molecule has 1 saturated carbocycles. The molecule has 1 amide bonds. The molecule has 2 aromatic heterocycles. The first-order chi connectivity index (χ1) is 19.5. The molecule has 12 heteroatoms. The second-order valence-electron chi connectivity index (χ2n) is 11.9. The summed E-state index contributed by atoms with van der Waals surface area (Å²) in [5, 5.41) is 28.9. The number of esters is 2. The quantitative estimate of drug-likeness (QED) is 0.427. The van der Waals surface area contributed by atoms with Gasteiger partial charge in [0.2, 0.25) is 11.5 Å². The maximum atomic E-state index is 12.9. The first-order valence-electron chi connectivity index (χ1n) is 14.3. The fourth-order valence-electron chi connectivity index (χ4n) is 5.34. The number of nitrogens with one attached hydrogen (secondary N) is 1. The average molecular weight is 570 g/mol. The average Bonchev–Trinajstić information content (AvgIpc) is 3.48. The molecule has 0 unspecified atom stereocenters. The Morgan fingerprint density at radius 1 is 1.24 bits per heavy atom. The molecule has 222 valence electrons. The van der Waals surface area contributed by atoms with Crippen molar-refractivity contribution in [1.82, 2.24) is 14.6 Å². The minimum atomic E-state index is -2.03. The summed E-state index contributed by atoms with van der Waals surface area (Å²) in [6, 6.07) is 5.19. The highest BCUT2D eigenvalue weighted by atomic mass is 16.6. The van der Waals surface area contributed by atoms with Crippen molar-refractivity contribution in [2.24, 2.45) is 11.3 Å². The van der Waals surface area contributed by atoms with Gasteiger partial charge < -0.3 is 24.6 Å². The van der Waals surface area contributed by atoms with Crippen LogP contribution in [0, 0.1) is 22.7 Å². The van der Waals surface area contributed by atoms with Gasteiger partial charge in [0.15, 0.2) is 11.9 Å². The molecule has 12 nitrogen and oxygen atoms in total. The van der Waals surface area contributed by atoms with Crippen molar-refractivity contribution < 1.29 is 33.7 Å². The van der Waals surface area contributed by atoms with Crippen LogP contribution < -0.4 is 5.32 Å². The highest BCUT2D eigenvalue weighted by molar-refractivity contribution is 5.93. The van der Waals surface area contributed by atoms with Gasteiger partial charge in [-0.2, -0.15) is 10.4 Å². The predicted octanol–water partition coefficient (Wildman–Crippen LogP) is 3.42. The Morgan fingerprint density at radius 2 is 1.98 bits per heavy atom. The van der Waals surface area contributed by atoms with E-state index in [1.165, 1.54) is 23.3 Å². The number of rotatable bonds is 9. The van der Waals surface area contributed by atoms with Crippen LogP contribution in [0.25, 0.3) is 5.52 Å². The Kier molecular flexibility index (Phi) is 9.29. The van der Waals surface area contributed by atoms with E-state index in [2.05, 4.69) is 21.5 Å². The summed E-state index contributed by atoms with van der Waals surface area (Å²) < 4.78 is 18.7. The SMILES string of the molecule is CCCC(=O)Nc1ncnn2c([C@]3(C#N)O[C@H](COC(=O)CC4CCCCC4)[C@@H](OC(=O)C(C)(C)C)[C@H]3O)ccc12. The van der Waals surface area contributed by atoms with Crippen molar-refractivity contribution in [1.29, 1.82) is 5.26 Å². The normalized spacial score (nSPS) is 25.0.